The quantitative estimate of drug-likeness (QED) is 0.881. The normalized spacial score (nSPS) is 10.2. The maximum absolute atomic E-state index is 12.3. The monoisotopic (exact) mass is 310 g/mol. The molecule has 0 aromatic heterocycles. The van der Waals surface area contributed by atoms with Crippen LogP contribution in [0.3, 0.4) is 0 Å². The van der Waals surface area contributed by atoms with Crippen molar-refractivity contribution in [1.82, 2.24) is 4.90 Å². The molecule has 0 saturated heterocycles. The van der Waals surface area contributed by atoms with E-state index in [1.165, 1.54) is 4.90 Å². The minimum absolute atomic E-state index is 0.427. The van der Waals surface area contributed by atoms with Crippen LogP contribution in [-0.4, -0.2) is 23.3 Å². The fourth-order valence-electron chi connectivity index (χ4n) is 2.28. The fraction of sp³-hybridized carbons (Fsp3) is 0.263. The van der Waals surface area contributed by atoms with Crippen LogP contribution in [0.2, 0.25) is 0 Å². The molecule has 4 nitrogen and oxygen atoms in total. The van der Waals surface area contributed by atoms with Gasteiger partial charge in [-0.05, 0) is 49.6 Å². The summed E-state index contributed by atoms with van der Waals surface area (Å²) < 4.78 is 0. The molecule has 2 aromatic carbocycles. The van der Waals surface area contributed by atoms with E-state index < -0.39 is 11.8 Å². The van der Waals surface area contributed by atoms with E-state index in [1.807, 2.05) is 63.2 Å². The zero-order valence-electron chi connectivity index (χ0n) is 13.8. The van der Waals surface area contributed by atoms with E-state index in [9.17, 15) is 9.59 Å². The first-order chi connectivity index (χ1) is 11.0. The summed E-state index contributed by atoms with van der Waals surface area (Å²) in [6, 6.07) is 15.2. The van der Waals surface area contributed by atoms with E-state index in [2.05, 4.69) is 5.32 Å². The summed E-state index contributed by atoms with van der Waals surface area (Å²) in [5.74, 6) is -1.12. The molecular weight excluding hydrogens is 288 g/mol. The summed E-state index contributed by atoms with van der Waals surface area (Å²) in [6.45, 7) is 6.75. The summed E-state index contributed by atoms with van der Waals surface area (Å²) in [4.78, 5) is 26.1. The molecule has 0 saturated carbocycles. The van der Waals surface area contributed by atoms with Crippen molar-refractivity contribution in [3.8, 4) is 0 Å². The van der Waals surface area contributed by atoms with Crippen molar-refractivity contribution in [3.05, 3.63) is 65.2 Å². The van der Waals surface area contributed by atoms with Crippen molar-refractivity contribution >= 4 is 17.5 Å². The smallest absolute Gasteiger partial charge is 0.313 e. The molecule has 0 unspecified atom stereocenters. The Morgan fingerprint density at radius 2 is 1.70 bits per heavy atom. The molecule has 0 fully saturated rings. The van der Waals surface area contributed by atoms with Gasteiger partial charge < -0.3 is 10.2 Å². The van der Waals surface area contributed by atoms with Crippen LogP contribution in [-0.2, 0) is 16.1 Å². The van der Waals surface area contributed by atoms with Crippen molar-refractivity contribution in [2.75, 3.05) is 11.9 Å². The van der Waals surface area contributed by atoms with Crippen LogP contribution in [0.25, 0.3) is 0 Å². The fourth-order valence-corrected chi connectivity index (χ4v) is 2.28. The number of nitrogens with one attached hydrogen (secondary N) is 1. The van der Waals surface area contributed by atoms with E-state index in [-0.39, 0.29) is 0 Å². The summed E-state index contributed by atoms with van der Waals surface area (Å²) >= 11 is 0. The van der Waals surface area contributed by atoms with Crippen LogP contribution in [0.1, 0.15) is 23.6 Å². The highest BCUT2D eigenvalue weighted by Crippen LogP contribution is 2.14. The van der Waals surface area contributed by atoms with Gasteiger partial charge in [0, 0.05) is 18.8 Å². The SMILES string of the molecule is CCN(Cc1ccccc1)C(=O)C(=O)Nc1ccc(C)c(C)c1. The molecule has 2 rings (SSSR count). The second kappa shape index (κ2) is 7.58. The molecule has 0 aliphatic carbocycles. The first-order valence-electron chi connectivity index (χ1n) is 7.72. The number of anilines is 1. The number of likely N-dealkylation sites (N-methyl/N-ethyl adjacent to an activating group) is 1. The zero-order valence-corrected chi connectivity index (χ0v) is 13.8. The average Bonchev–Trinajstić information content (AvgIpc) is 2.56. The van der Waals surface area contributed by atoms with Crippen molar-refractivity contribution in [3.63, 3.8) is 0 Å². The summed E-state index contributed by atoms with van der Waals surface area (Å²) in [5, 5.41) is 2.68. The van der Waals surface area contributed by atoms with Gasteiger partial charge in [-0.25, -0.2) is 0 Å². The highest BCUT2D eigenvalue weighted by atomic mass is 16.2. The van der Waals surface area contributed by atoms with Gasteiger partial charge >= 0.3 is 11.8 Å². The van der Waals surface area contributed by atoms with Gasteiger partial charge in [-0.15, -0.1) is 0 Å². The highest BCUT2D eigenvalue weighted by molar-refractivity contribution is 6.39. The van der Waals surface area contributed by atoms with E-state index in [0.717, 1.165) is 16.7 Å². The van der Waals surface area contributed by atoms with Crippen LogP contribution in [0.4, 0.5) is 5.69 Å². The lowest BCUT2D eigenvalue weighted by molar-refractivity contribution is -0.143. The van der Waals surface area contributed by atoms with Crippen molar-refractivity contribution in [1.29, 1.82) is 0 Å². The Hall–Kier alpha value is -2.62. The second-order valence-electron chi connectivity index (χ2n) is 5.56. The Labute approximate surface area is 137 Å². The molecule has 0 aliphatic heterocycles. The van der Waals surface area contributed by atoms with Gasteiger partial charge in [-0.2, -0.15) is 0 Å². The lowest BCUT2D eigenvalue weighted by Crippen LogP contribution is -2.39. The van der Waals surface area contributed by atoms with Crippen LogP contribution in [0, 0.1) is 13.8 Å². The Morgan fingerprint density at radius 3 is 2.30 bits per heavy atom. The van der Waals surface area contributed by atoms with Gasteiger partial charge in [0.05, 0.1) is 0 Å². The zero-order chi connectivity index (χ0) is 16.8. The number of carbonyl (C=O) groups excluding carboxylic acids is 2. The molecule has 2 aromatic rings. The molecule has 1 N–H and O–H groups in total. The first kappa shape index (κ1) is 16.7. The van der Waals surface area contributed by atoms with Gasteiger partial charge in [-0.3, -0.25) is 9.59 Å². The topological polar surface area (TPSA) is 49.4 Å². The van der Waals surface area contributed by atoms with Crippen molar-refractivity contribution in [2.24, 2.45) is 0 Å². The van der Waals surface area contributed by atoms with Gasteiger partial charge in [0.2, 0.25) is 0 Å². The molecule has 0 bridgehead atoms. The molecule has 4 heteroatoms. The summed E-state index contributed by atoms with van der Waals surface area (Å²) in [6.07, 6.45) is 0. The highest BCUT2D eigenvalue weighted by Gasteiger charge is 2.20. The van der Waals surface area contributed by atoms with E-state index >= 15 is 0 Å². The molecule has 0 heterocycles. The molecule has 120 valence electrons. The maximum atomic E-state index is 12.3. The molecule has 0 spiro atoms. The van der Waals surface area contributed by atoms with E-state index in [4.69, 9.17) is 0 Å². The minimum Gasteiger partial charge on any atom is -0.330 e. The lowest BCUT2D eigenvalue weighted by Gasteiger charge is -2.20. The molecule has 0 aliphatic rings. The first-order valence-corrected chi connectivity index (χ1v) is 7.72. The standard InChI is InChI=1S/C19H22N2O2/c1-4-21(13-16-8-6-5-7-9-16)19(23)18(22)20-17-11-10-14(2)15(3)12-17/h5-12H,4,13H2,1-3H3,(H,20,22). The average molecular weight is 310 g/mol. The Bertz CT molecular complexity index is 696. The van der Waals surface area contributed by atoms with E-state index in [1.54, 1.807) is 6.07 Å². The third kappa shape index (κ3) is 4.42. The predicted molar refractivity (Wildman–Crippen MR) is 92.1 cm³/mol. The Balaban J connectivity index is 2.04. The number of carbonyl (C=O) groups is 2. The van der Waals surface area contributed by atoms with Crippen molar-refractivity contribution < 1.29 is 9.59 Å². The molecule has 0 radical (unpaired) electrons. The van der Waals surface area contributed by atoms with Gasteiger partial charge in [-0.1, -0.05) is 36.4 Å². The Morgan fingerprint density at radius 1 is 1.00 bits per heavy atom. The molecular formula is C19H22N2O2. The maximum Gasteiger partial charge on any atom is 0.313 e. The third-order valence-electron chi connectivity index (χ3n) is 3.84. The summed E-state index contributed by atoms with van der Waals surface area (Å²) in [5.41, 5.74) is 3.87. The lowest BCUT2D eigenvalue weighted by atomic mass is 10.1. The number of rotatable bonds is 4. The van der Waals surface area contributed by atoms with Crippen LogP contribution >= 0.6 is 0 Å². The van der Waals surface area contributed by atoms with Crippen molar-refractivity contribution in [2.45, 2.75) is 27.3 Å². The number of benzene rings is 2. The van der Waals surface area contributed by atoms with Gasteiger partial charge in [0.15, 0.2) is 0 Å². The number of hydrogen-bond acceptors (Lipinski definition) is 2. The number of aryl methyl sites for hydroxylation is 2. The number of nitrogens with zero attached hydrogens (tertiary/aromatic N) is 1. The number of amides is 2. The Kier molecular flexibility index (Phi) is 5.52. The van der Waals surface area contributed by atoms with Crippen LogP contribution < -0.4 is 5.32 Å². The predicted octanol–water partition coefficient (Wildman–Crippen LogP) is 3.29. The molecule has 2 amide bonds. The second-order valence-corrected chi connectivity index (χ2v) is 5.56. The van der Waals surface area contributed by atoms with Crippen LogP contribution in [0.15, 0.2) is 48.5 Å². The van der Waals surface area contributed by atoms with E-state index in [0.29, 0.717) is 18.8 Å². The van der Waals surface area contributed by atoms with Crippen LogP contribution in [0.5, 0.6) is 0 Å². The number of hydrogen-bond donors (Lipinski definition) is 1. The largest absolute Gasteiger partial charge is 0.330 e. The minimum atomic E-state index is -0.606. The third-order valence-corrected chi connectivity index (χ3v) is 3.84. The van der Waals surface area contributed by atoms with Gasteiger partial charge in [0.25, 0.3) is 0 Å². The molecule has 23 heavy (non-hydrogen) atoms. The summed E-state index contributed by atoms with van der Waals surface area (Å²) in [7, 11) is 0. The van der Waals surface area contributed by atoms with Gasteiger partial charge in [0.1, 0.15) is 0 Å². The molecule has 0 atom stereocenters.